The van der Waals surface area contributed by atoms with E-state index in [-0.39, 0.29) is 12.7 Å². The third-order valence-electron chi connectivity index (χ3n) is 4.52. The van der Waals surface area contributed by atoms with E-state index >= 15 is 0 Å². The van der Waals surface area contributed by atoms with Gasteiger partial charge in [0.15, 0.2) is 6.29 Å². The molecule has 0 aromatic rings. The first-order valence-electron chi connectivity index (χ1n) is 10.2. The van der Waals surface area contributed by atoms with Gasteiger partial charge in [0.2, 0.25) is 0 Å². The van der Waals surface area contributed by atoms with Crippen molar-refractivity contribution in [3.05, 3.63) is 0 Å². The number of rotatable bonds is 18. The van der Waals surface area contributed by atoms with Crippen LogP contribution in [0, 0.1) is 0 Å². The molecule has 0 heterocycles. The highest BCUT2D eigenvalue weighted by Gasteiger charge is 2.13. The van der Waals surface area contributed by atoms with E-state index in [1.807, 2.05) is 0 Å². The van der Waals surface area contributed by atoms with Crippen molar-refractivity contribution >= 4 is 0 Å². The molecule has 3 heteroatoms. The van der Waals surface area contributed by atoms with E-state index < -0.39 is 6.29 Å². The molecule has 0 radical (unpaired) electrons. The Kier molecular flexibility index (Phi) is 18.1. The molecule has 0 aromatic heterocycles. The molecule has 23 heavy (non-hydrogen) atoms. The van der Waals surface area contributed by atoms with E-state index in [9.17, 15) is 5.11 Å². The summed E-state index contributed by atoms with van der Waals surface area (Å²) < 4.78 is 5.53. The van der Waals surface area contributed by atoms with Crippen molar-refractivity contribution in [1.82, 2.24) is 0 Å². The summed E-state index contributed by atoms with van der Waals surface area (Å²) in [7, 11) is 0. The first-order valence-corrected chi connectivity index (χ1v) is 10.2. The lowest BCUT2D eigenvalue weighted by molar-refractivity contribution is -0.159. The Bertz CT molecular complexity index is 221. The second-order valence-electron chi connectivity index (χ2n) is 6.86. The average molecular weight is 331 g/mol. The highest BCUT2D eigenvalue weighted by molar-refractivity contribution is 4.61. The zero-order valence-electron chi connectivity index (χ0n) is 15.8. The molecule has 0 rings (SSSR count). The summed E-state index contributed by atoms with van der Waals surface area (Å²) in [4.78, 5) is 0. The third kappa shape index (κ3) is 16.5. The van der Waals surface area contributed by atoms with E-state index in [4.69, 9.17) is 9.84 Å². The largest absolute Gasteiger partial charge is 0.391 e. The SMILES string of the molecule is CCCCCCCCCCCCC(CCCCC)OC(O)CO. The highest BCUT2D eigenvalue weighted by atomic mass is 16.6. The van der Waals surface area contributed by atoms with Crippen molar-refractivity contribution in [2.75, 3.05) is 6.61 Å². The molecular formula is C20H42O3. The molecule has 0 fully saturated rings. The van der Waals surface area contributed by atoms with Crippen LogP contribution in [-0.2, 0) is 4.74 Å². The van der Waals surface area contributed by atoms with Crippen LogP contribution in [0.2, 0.25) is 0 Å². The molecule has 2 atom stereocenters. The summed E-state index contributed by atoms with van der Waals surface area (Å²) in [6.07, 6.45) is 18.1. The van der Waals surface area contributed by atoms with Gasteiger partial charge in [-0.1, -0.05) is 97.3 Å². The average Bonchev–Trinajstić information content (AvgIpc) is 2.56. The predicted molar refractivity (Wildman–Crippen MR) is 98.6 cm³/mol. The van der Waals surface area contributed by atoms with Crippen molar-refractivity contribution in [1.29, 1.82) is 0 Å². The minimum Gasteiger partial charge on any atom is -0.391 e. The van der Waals surface area contributed by atoms with Crippen LogP contribution in [0.3, 0.4) is 0 Å². The molecule has 2 N–H and O–H groups in total. The third-order valence-corrected chi connectivity index (χ3v) is 4.52. The van der Waals surface area contributed by atoms with Gasteiger partial charge in [-0.2, -0.15) is 0 Å². The first kappa shape index (κ1) is 22.9. The number of aliphatic hydroxyl groups is 2. The minimum atomic E-state index is -1.01. The second-order valence-corrected chi connectivity index (χ2v) is 6.86. The maximum absolute atomic E-state index is 9.47. The van der Waals surface area contributed by atoms with Crippen molar-refractivity contribution < 1.29 is 14.9 Å². The summed E-state index contributed by atoms with van der Waals surface area (Å²) in [5, 5.41) is 18.4. The van der Waals surface area contributed by atoms with Crippen molar-refractivity contribution in [2.24, 2.45) is 0 Å². The number of aliphatic hydroxyl groups excluding tert-OH is 2. The van der Waals surface area contributed by atoms with Gasteiger partial charge < -0.3 is 14.9 Å². The van der Waals surface area contributed by atoms with Gasteiger partial charge in [0.25, 0.3) is 0 Å². The van der Waals surface area contributed by atoms with Crippen molar-refractivity contribution in [3.63, 3.8) is 0 Å². The van der Waals surface area contributed by atoms with Crippen molar-refractivity contribution in [3.8, 4) is 0 Å². The van der Waals surface area contributed by atoms with E-state index in [2.05, 4.69) is 13.8 Å². The first-order chi connectivity index (χ1) is 11.2. The lowest BCUT2D eigenvalue weighted by Crippen LogP contribution is -2.25. The molecule has 0 aliphatic carbocycles. The van der Waals surface area contributed by atoms with Gasteiger partial charge in [-0.15, -0.1) is 0 Å². The maximum Gasteiger partial charge on any atom is 0.178 e. The molecule has 0 saturated carbocycles. The summed E-state index contributed by atoms with van der Waals surface area (Å²) in [5.41, 5.74) is 0. The van der Waals surface area contributed by atoms with Gasteiger partial charge in [-0.25, -0.2) is 0 Å². The molecule has 140 valence electrons. The van der Waals surface area contributed by atoms with Crippen LogP contribution >= 0.6 is 0 Å². The van der Waals surface area contributed by atoms with Crippen molar-refractivity contribution in [2.45, 2.75) is 123 Å². The van der Waals surface area contributed by atoms with Gasteiger partial charge in [0.1, 0.15) is 0 Å². The smallest absolute Gasteiger partial charge is 0.178 e. The van der Waals surface area contributed by atoms with Gasteiger partial charge >= 0.3 is 0 Å². The molecule has 2 unspecified atom stereocenters. The fourth-order valence-corrected chi connectivity index (χ4v) is 3.03. The van der Waals surface area contributed by atoms with Crippen LogP contribution in [0.4, 0.5) is 0 Å². The molecular weight excluding hydrogens is 288 g/mol. The van der Waals surface area contributed by atoms with E-state index in [1.165, 1.54) is 77.0 Å². The van der Waals surface area contributed by atoms with E-state index in [0.717, 1.165) is 19.3 Å². The van der Waals surface area contributed by atoms with E-state index in [0.29, 0.717) is 0 Å². The number of unbranched alkanes of at least 4 members (excludes halogenated alkanes) is 11. The molecule has 0 aliphatic rings. The molecule has 0 aliphatic heterocycles. The number of ether oxygens (including phenoxy) is 1. The summed E-state index contributed by atoms with van der Waals surface area (Å²) >= 11 is 0. The number of hydrogen-bond donors (Lipinski definition) is 2. The molecule has 0 aromatic carbocycles. The summed E-state index contributed by atoms with van der Waals surface area (Å²) in [6, 6.07) is 0. The van der Waals surface area contributed by atoms with E-state index in [1.54, 1.807) is 0 Å². The zero-order valence-corrected chi connectivity index (χ0v) is 15.8. The Labute approximate surface area is 144 Å². The highest BCUT2D eigenvalue weighted by Crippen LogP contribution is 2.17. The van der Waals surface area contributed by atoms with Crippen LogP contribution < -0.4 is 0 Å². The Balaban J connectivity index is 3.56. The Hall–Kier alpha value is -0.120. The summed E-state index contributed by atoms with van der Waals surface area (Å²) in [6.45, 7) is 4.15. The van der Waals surface area contributed by atoms with Gasteiger partial charge in [0, 0.05) is 0 Å². The minimum absolute atomic E-state index is 0.109. The zero-order chi connectivity index (χ0) is 17.2. The van der Waals surface area contributed by atoms with Crippen LogP contribution in [0.25, 0.3) is 0 Å². The normalized spacial score (nSPS) is 14.1. The van der Waals surface area contributed by atoms with Crippen LogP contribution in [-0.4, -0.2) is 29.2 Å². The fourth-order valence-electron chi connectivity index (χ4n) is 3.03. The van der Waals surface area contributed by atoms with Crippen LogP contribution in [0.5, 0.6) is 0 Å². The standard InChI is InChI=1S/C20H42O3/c1-3-5-7-8-9-10-11-12-13-15-17-19(16-14-6-4-2)23-20(22)18-21/h19-22H,3-18H2,1-2H3. The number of hydrogen-bond acceptors (Lipinski definition) is 3. The van der Waals surface area contributed by atoms with Gasteiger partial charge in [-0.05, 0) is 12.8 Å². The lowest BCUT2D eigenvalue weighted by atomic mass is 10.0. The second kappa shape index (κ2) is 18.2. The Morgan fingerprint density at radius 1 is 0.652 bits per heavy atom. The molecule has 0 spiro atoms. The van der Waals surface area contributed by atoms with Gasteiger partial charge in [0.05, 0.1) is 12.7 Å². The quantitative estimate of drug-likeness (QED) is 0.255. The Morgan fingerprint density at radius 2 is 1.04 bits per heavy atom. The molecule has 0 saturated heterocycles. The monoisotopic (exact) mass is 330 g/mol. The molecule has 0 bridgehead atoms. The summed E-state index contributed by atoms with van der Waals surface area (Å²) in [5.74, 6) is 0. The fraction of sp³-hybridized carbons (Fsp3) is 1.00. The Morgan fingerprint density at radius 3 is 1.52 bits per heavy atom. The molecule has 3 nitrogen and oxygen atoms in total. The van der Waals surface area contributed by atoms with Crippen LogP contribution in [0.15, 0.2) is 0 Å². The lowest BCUT2D eigenvalue weighted by Gasteiger charge is -2.20. The van der Waals surface area contributed by atoms with Gasteiger partial charge in [-0.3, -0.25) is 0 Å². The predicted octanol–water partition coefficient (Wildman–Crippen LogP) is 5.57. The van der Waals surface area contributed by atoms with Crippen LogP contribution in [0.1, 0.15) is 110 Å². The molecule has 0 amide bonds. The maximum atomic E-state index is 9.47. The topological polar surface area (TPSA) is 49.7 Å².